The molecule has 1 aliphatic rings. The van der Waals surface area contributed by atoms with E-state index >= 15 is 0 Å². The Morgan fingerprint density at radius 2 is 2.11 bits per heavy atom. The van der Waals surface area contributed by atoms with Crippen molar-refractivity contribution in [2.75, 3.05) is 7.05 Å². The molecule has 18 heavy (non-hydrogen) atoms. The van der Waals surface area contributed by atoms with E-state index < -0.39 is 17.2 Å². The molecule has 2 rings (SSSR count). The fourth-order valence-corrected chi connectivity index (χ4v) is 2.13. The predicted octanol–water partition coefficient (Wildman–Crippen LogP) is 1.80. The van der Waals surface area contributed by atoms with Crippen LogP contribution in [0.3, 0.4) is 0 Å². The van der Waals surface area contributed by atoms with Gasteiger partial charge in [0.1, 0.15) is 11.6 Å². The molecule has 1 aromatic rings. The molecule has 0 bridgehead atoms. The fraction of sp³-hybridized carbons (Fsp3) is 0.462. The van der Waals surface area contributed by atoms with Crippen molar-refractivity contribution in [2.24, 2.45) is 5.73 Å². The van der Waals surface area contributed by atoms with E-state index in [1.54, 1.807) is 7.05 Å². The van der Waals surface area contributed by atoms with Crippen molar-refractivity contribution in [3.05, 3.63) is 35.4 Å². The third-order valence-corrected chi connectivity index (χ3v) is 3.44. The maximum absolute atomic E-state index is 13.5. The zero-order chi connectivity index (χ0) is 13.3. The van der Waals surface area contributed by atoms with E-state index in [9.17, 15) is 13.6 Å². The van der Waals surface area contributed by atoms with E-state index in [1.807, 2.05) is 0 Å². The largest absolute Gasteiger partial charge is 0.340 e. The second-order valence-corrected chi connectivity index (χ2v) is 4.91. The summed E-state index contributed by atoms with van der Waals surface area (Å²) in [6, 6.07) is 3.34. The van der Waals surface area contributed by atoms with Crippen LogP contribution in [0.1, 0.15) is 24.8 Å². The second-order valence-electron chi connectivity index (χ2n) is 4.91. The number of benzene rings is 1. The minimum absolute atomic E-state index is 0.101. The van der Waals surface area contributed by atoms with Crippen molar-refractivity contribution in [2.45, 2.75) is 31.3 Å². The summed E-state index contributed by atoms with van der Waals surface area (Å²) in [5, 5.41) is 0. The van der Waals surface area contributed by atoms with Crippen LogP contribution < -0.4 is 5.73 Å². The number of hydrogen-bond acceptors (Lipinski definition) is 2. The molecule has 0 unspecified atom stereocenters. The number of rotatable bonds is 3. The van der Waals surface area contributed by atoms with Crippen LogP contribution in [0.5, 0.6) is 0 Å². The van der Waals surface area contributed by atoms with Crippen LogP contribution in [0.2, 0.25) is 0 Å². The first-order chi connectivity index (χ1) is 8.42. The number of halogens is 2. The first-order valence-electron chi connectivity index (χ1n) is 5.91. The van der Waals surface area contributed by atoms with Gasteiger partial charge >= 0.3 is 0 Å². The molecule has 0 aromatic heterocycles. The molecule has 0 heterocycles. The number of hydrogen-bond donors (Lipinski definition) is 1. The van der Waals surface area contributed by atoms with Gasteiger partial charge in [0, 0.05) is 25.2 Å². The first kappa shape index (κ1) is 13.0. The van der Waals surface area contributed by atoms with Gasteiger partial charge in [-0.3, -0.25) is 4.79 Å². The molecule has 1 fully saturated rings. The van der Waals surface area contributed by atoms with E-state index in [2.05, 4.69) is 0 Å². The Hall–Kier alpha value is -1.49. The quantitative estimate of drug-likeness (QED) is 0.894. The van der Waals surface area contributed by atoms with Crippen LogP contribution in [0.25, 0.3) is 0 Å². The highest BCUT2D eigenvalue weighted by atomic mass is 19.1. The molecule has 1 aromatic carbocycles. The van der Waals surface area contributed by atoms with Gasteiger partial charge in [-0.05, 0) is 25.3 Å². The maximum atomic E-state index is 13.5. The Morgan fingerprint density at radius 3 is 2.61 bits per heavy atom. The fourth-order valence-electron chi connectivity index (χ4n) is 2.13. The van der Waals surface area contributed by atoms with Gasteiger partial charge in [-0.25, -0.2) is 8.78 Å². The highest BCUT2D eigenvalue weighted by Crippen LogP contribution is 2.31. The number of likely N-dealkylation sites (N-methyl/N-ethyl adjacent to an activating group) is 1. The standard InChI is InChI=1S/C13H16F2N2O/c1-17(12(18)13(16)5-2-6-13)8-9-3-4-10(14)7-11(9)15/h3-4,7H,2,5-6,8,16H2,1H3. The monoisotopic (exact) mass is 254 g/mol. The van der Waals surface area contributed by atoms with Gasteiger partial charge in [0.05, 0.1) is 5.54 Å². The minimum atomic E-state index is -0.786. The highest BCUT2D eigenvalue weighted by molar-refractivity contribution is 5.86. The normalized spacial score (nSPS) is 17.1. The second kappa shape index (κ2) is 4.65. The minimum Gasteiger partial charge on any atom is -0.340 e. The molecule has 98 valence electrons. The van der Waals surface area contributed by atoms with Gasteiger partial charge in [-0.1, -0.05) is 6.07 Å². The Balaban J connectivity index is 2.06. The van der Waals surface area contributed by atoms with Crippen LogP contribution >= 0.6 is 0 Å². The summed E-state index contributed by atoms with van der Waals surface area (Å²) in [7, 11) is 1.58. The third kappa shape index (κ3) is 2.36. The topological polar surface area (TPSA) is 46.3 Å². The van der Waals surface area contributed by atoms with Gasteiger partial charge in [-0.15, -0.1) is 0 Å². The van der Waals surface area contributed by atoms with Crippen LogP contribution in [-0.2, 0) is 11.3 Å². The number of carbonyl (C=O) groups excluding carboxylic acids is 1. The van der Waals surface area contributed by atoms with Crippen LogP contribution in [0.15, 0.2) is 18.2 Å². The van der Waals surface area contributed by atoms with Gasteiger partial charge < -0.3 is 10.6 Å². The first-order valence-corrected chi connectivity index (χ1v) is 5.91. The van der Waals surface area contributed by atoms with Crippen molar-refractivity contribution < 1.29 is 13.6 Å². The van der Waals surface area contributed by atoms with Crippen molar-refractivity contribution in [3.8, 4) is 0 Å². The summed E-state index contributed by atoms with van der Waals surface area (Å²) in [6.07, 6.45) is 2.28. The molecule has 2 N–H and O–H groups in total. The summed E-state index contributed by atoms with van der Waals surface area (Å²) < 4.78 is 26.2. The van der Waals surface area contributed by atoms with Crippen molar-refractivity contribution in [1.29, 1.82) is 0 Å². The average Bonchev–Trinajstić information content (AvgIpc) is 2.28. The lowest BCUT2D eigenvalue weighted by Crippen LogP contribution is -2.58. The zero-order valence-electron chi connectivity index (χ0n) is 10.2. The van der Waals surface area contributed by atoms with Crippen LogP contribution in [0, 0.1) is 11.6 Å². The van der Waals surface area contributed by atoms with Crippen molar-refractivity contribution in [1.82, 2.24) is 4.90 Å². The molecule has 1 aliphatic carbocycles. The van der Waals surface area contributed by atoms with Gasteiger partial charge in [0.15, 0.2) is 0 Å². The van der Waals surface area contributed by atoms with Gasteiger partial charge in [0.25, 0.3) is 0 Å². The average molecular weight is 254 g/mol. The Labute approximate surface area is 105 Å². The summed E-state index contributed by atoms with van der Waals surface area (Å²) in [6.45, 7) is 0.101. The van der Waals surface area contributed by atoms with Crippen LogP contribution in [-0.4, -0.2) is 23.4 Å². The molecule has 0 spiro atoms. The summed E-state index contributed by atoms with van der Waals surface area (Å²) in [5.74, 6) is -1.45. The molecule has 0 saturated heterocycles. The Morgan fingerprint density at radius 1 is 1.44 bits per heavy atom. The van der Waals surface area contributed by atoms with E-state index in [4.69, 9.17) is 5.73 Å². The summed E-state index contributed by atoms with van der Waals surface area (Å²) >= 11 is 0. The van der Waals surface area contributed by atoms with Gasteiger partial charge in [-0.2, -0.15) is 0 Å². The van der Waals surface area contributed by atoms with E-state index in [-0.39, 0.29) is 18.0 Å². The summed E-state index contributed by atoms with van der Waals surface area (Å²) in [4.78, 5) is 13.4. The van der Waals surface area contributed by atoms with Gasteiger partial charge in [0.2, 0.25) is 5.91 Å². The molecule has 0 aliphatic heterocycles. The maximum Gasteiger partial charge on any atom is 0.242 e. The lowest BCUT2D eigenvalue weighted by atomic mass is 9.76. The third-order valence-electron chi connectivity index (χ3n) is 3.44. The molecule has 3 nitrogen and oxygen atoms in total. The smallest absolute Gasteiger partial charge is 0.242 e. The molecule has 0 radical (unpaired) electrons. The van der Waals surface area contributed by atoms with Crippen LogP contribution in [0.4, 0.5) is 8.78 Å². The predicted molar refractivity (Wildman–Crippen MR) is 63.6 cm³/mol. The Kier molecular flexibility index (Phi) is 3.34. The Bertz CT molecular complexity index is 472. The molecular weight excluding hydrogens is 238 g/mol. The zero-order valence-corrected chi connectivity index (χ0v) is 10.2. The molecule has 1 amide bonds. The molecule has 5 heteroatoms. The molecule has 1 saturated carbocycles. The van der Waals surface area contributed by atoms with E-state index in [0.717, 1.165) is 12.5 Å². The lowest BCUT2D eigenvalue weighted by molar-refractivity contribution is -0.139. The molecular formula is C13H16F2N2O. The van der Waals surface area contributed by atoms with Crippen molar-refractivity contribution >= 4 is 5.91 Å². The van der Waals surface area contributed by atoms with E-state index in [0.29, 0.717) is 12.8 Å². The van der Waals surface area contributed by atoms with E-state index in [1.165, 1.54) is 17.0 Å². The number of nitrogens with two attached hydrogens (primary N) is 1. The van der Waals surface area contributed by atoms with Crippen molar-refractivity contribution in [3.63, 3.8) is 0 Å². The number of carbonyl (C=O) groups is 1. The number of amides is 1. The molecule has 0 atom stereocenters. The number of nitrogens with zero attached hydrogens (tertiary/aromatic N) is 1. The SMILES string of the molecule is CN(Cc1ccc(F)cc1F)C(=O)C1(N)CCC1. The summed E-state index contributed by atoms with van der Waals surface area (Å²) in [5.41, 5.74) is 5.42. The highest BCUT2D eigenvalue weighted by Gasteiger charge is 2.41. The lowest BCUT2D eigenvalue weighted by Gasteiger charge is -2.39.